The summed E-state index contributed by atoms with van der Waals surface area (Å²) in [7, 11) is 0. The van der Waals surface area contributed by atoms with Crippen LogP contribution < -0.4 is 5.43 Å². The van der Waals surface area contributed by atoms with Gasteiger partial charge in [0.05, 0.1) is 6.21 Å². The van der Waals surface area contributed by atoms with Crippen molar-refractivity contribution in [2.24, 2.45) is 5.10 Å². The Balaban J connectivity index is 1.58. The van der Waals surface area contributed by atoms with Crippen LogP contribution >= 0.6 is 11.6 Å². The lowest BCUT2D eigenvalue weighted by molar-refractivity contribution is 0.0954. The van der Waals surface area contributed by atoms with Crippen molar-refractivity contribution in [1.82, 2.24) is 9.99 Å². The summed E-state index contributed by atoms with van der Waals surface area (Å²) in [6, 6.07) is 23.4. The molecular weight excluding hydrogens is 382 g/mol. The molecule has 1 heterocycles. The lowest BCUT2D eigenvalue weighted by Gasteiger charge is -2.05. The number of amides is 1. The zero-order valence-corrected chi connectivity index (χ0v) is 16.7. The number of aryl methyl sites for hydroxylation is 1. The van der Waals surface area contributed by atoms with Crippen molar-refractivity contribution in [2.75, 3.05) is 0 Å². The van der Waals surface area contributed by atoms with Crippen molar-refractivity contribution in [1.29, 1.82) is 0 Å². The first-order valence-electron chi connectivity index (χ1n) is 9.33. The molecule has 144 valence electrons. The van der Waals surface area contributed by atoms with Crippen molar-refractivity contribution in [3.8, 4) is 0 Å². The highest BCUT2D eigenvalue weighted by Gasteiger charge is 2.09. The Hall–Kier alpha value is -3.37. The number of nitrogens with zero attached hydrogens (tertiary/aromatic N) is 2. The van der Waals surface area contributed by atoms with E-state index in [-0.39, 0.29) is 5.91 Å². The Labute approximate surface area is 174 Å². The molecule has 0 aliphatic rings. The number of benzene rings is 3. The molecule has 4 aromatic rings. The summed E-state index contributed by atoms with van der Waals surface area (Å²) in [5, 5.41) is 5.98. The third kappa shape index (κ3) is 4.23. The van der Waals surface area contributed by atoms with Crippen LogP contribution in [0.25, 0.3) is 10.9 Å². The molecule has 0 atom stereocenters. The lowest BCUT2D eigenvalue weighted by atomic mass is 10.1. The van der Waals surface area contributed by atoms with E-state index in [1.165, 1.54) is 0 Å². The molecule has 1 N–H and O–H groups in total. The smallest absolute Gasteiger partial charge is 0.271 e. The second-order valence-electron chi connectivity index (χ2n) is 6.87. The third-order valence-corrected chi connectivity index (χ3v) is 5.06. The molecular formula is C24H20ClN3O. The summed E-state index contributed by atoms with van der Waals surface area (Å²) in [5.74, 6) is -0.220. The number of carbonyl (C=O) groups is 1. The van der Waals surface area contributed by atoms with Crippen LogP contribution in [0.4, 0.5) is 0 Å². The Morgan fingerprint density at radius 3 is 2.69 bits per heavy atom. The van der Waals surface area contributed by atoms with Gasteiger partial charge in [-0.3, -0.25) is 4.79 Å². The quantitative estimate of drug-likeness (QED) is 0.352. The van der Waals surface area contributed by atoms with E-state index < -0.39 is 0 Å². The molecule has 1 aromatic heterocycles. The van der Waals surface area contributed by atoms with Gasteiger partial charge in [-0.15, -0.1) is 0 Å². The van der Waals surface area contributed by atoms with Crippen molar-refractivity contribution < 1.29 is 4.79 Å². The number of hydrogen-bond acceptors (Lipinski definition) is 2. The zero-order chi connectivity index (χ0) is 20.2. The first kappa shape index (κ1) is 19.0. The van der Waals surface area contributed by atoms with Gasteiger partial charge in [0.15, 0.2) is 0 Å². The van der Waals surface area contributed by atoms with Gasteiger partial charge in [-0.25, -0.2) is 5.43 Å². The minimum absolute atomic E-state index is 0.220. The topological polar surface area (TPSA) is 46.4 Å². The third-order valence-electron chi connectivity index (χ3n) is 4.82. The van der Waals surface area contributed by atoms with Crippen LogP contribution in [-0.4, -0.2) is 16.7 Å². The van der Waals surface area contributed by atoms with E-state index in [1.54, 1.807) is 12.3 Å². The average molecular weight is 402 g/mol. The second kappa shape index (κ2) is 8.33. The molecule has 1 amide bonds. The summed E-state index contributed by atoms with van der Waals surface area (Å²) >= 11 is 6.12. The van der Waals surface area contributed by atoms with Gasteiger partial charge in [-0.2, -0.15) is 5.10 Å². The molecule has 0 bridgehead atoms. The molecule has 0 spiro atoms. The van der Waals surface area contributed by atoms with Gasteiger partial charge in [-0.1, -0.05) is 60.1 Å². The number of nitrogens with one attached hydrogen (secondary N) is 1. The molecule has 4 nitrogen and oxygen atoms in total. The minimum atomic E-state index is -0.220. The first-order valence-corrected chi connectivity index (χ1v) is 9.71. The molecule has 0 aliphatic carbocycles. The van der Waals surface area contributed by atoms with Crippen LogP contribution in [0.5, 0.6) is 0 Å². The van der Waals surface area contributed by atoms with Crippen LogP contribution in [0.3, 0.4) is 0 Å². The highest BCUT2D eigenvalue weighted by atomic mass is 35.5. The van der Waals surface area contributed by atoms with Crippen LogP contribution in [0, 0.1) is 6.92 Å². The normalized spacial score (nSPS) is 11.2. The molecule has 0 fully saturated rings. The summed E-state index contributed by atoms with van der Waals surface area (Å²) < 4.78 is 2.16. The van der Waals surface area contributed by atoms with Gasteiger partial charge in [0.1, 0.15) is 0 Å². The second-order valence-corrected chi connectivity index (χ2v) is 7.31. The van der Waals surface area contributed by atoms with Gasteiger partial charge in [0.2, 0.25) is 0 Å². The van der Waals surface area contributed by atoms with Crippen molar-refractivity contribution in [2.45, 2.75) is 13.5 Å². The van der Waals surface area contributed by atoms with E-state index in [2.05, 4.69) is 27.2 Å². The zero-order valence-electron chi connectivity index (χ0n) is 16.0. The van der Waals surface area contributed by atoms with Crippen molar-refractivity contribution in [3.63, 3.8) is 0 Å². The minimum Gasteiger partial charge on any atom is -0.342 e. The van der Waals surface area contributed by atoms with Gasteiger partial charge < -0.3 is 4.57 Å². The van der Waals surface area contributed by atoms with Gasteiger partial charge in [0, 0.05) is 39.8 Å². The number of fused-ring (bicyclic) bond motifs is 1. The van der Waals surface area contributed by atoms with E-state index in [9.17, 15) is 4.79 Å². The lowest BCUT2D eigenvalue weighted by Crippen LogP contribution is -2.18. The SMILES string of the molecule is Cc1ccccc1C(=O)N/N=C/c1cn(Cc2cccc(Cl)c2)c2ccccc12. The fourth-order valence-electron chi connectivity index (χ4n) is 3.39. The van der Waals surface area contributed by atoms with Gasteiger partial charge in [0.25, 0.3) is 5.91 Å². The predicted molar refractivity (Wildman–Crippen MR) is 119 cm³/mol. The highest BCUT2D eigenvalue weighted by molar-refractivity contribution is 6.30. The molecule has 3 aromatic carbocycles. The highest BCUT2D eigenvalue weighted by Crippen LogP contribution is 2.22. The Bertz CT molecular complexity index is 1210. The van der Waals surface area contributed by atoms with Crippen LogP contribution in [0.1, 0.15) is 27.0 Å². The maximum atomic E-state index is 12.4. The molecule has 4 rings (SSSR count). The number of aromatic nitrogens is 1. The monoisotopic (exact) mass is 401 g/mol. The van der Waals surface area contributed by atoms with E-state index in [0.29, 0.717) is 12.1 Å². The average Bonchev–Trinajstić information content (AvgIpc) is 3.06. The Morgan fingerprint density at radius 2 is 1.86 bits per heavy atom. The summed E-state index contributed by atoms with van der Waals surface area (Å²) in [6.45, 7) is 2.60. The van der Waals surface area contributed by atoms with Crippen molar-refractivity contribution >= 4 is 34.6 Å². The first-order chi connectivity index (χ1) is 14.1. The largest absolute Gasteiger partial charge is 0.342 e. The molecule has 0 unspecified atom stereocenters. The predicted octanol–water partition coefficient (Wildman–Crippen LogP) is 5.42. The van der Waals surface area contributed by atoms with Crippen molar-refractivity contribution in [3.05, 3.63) is 106 Å². The standard InChI is InChI=1S/C24H20ClN3O/c1-17-7-2-3-10-21(17)24(29)27-26-14-19-16-28(23-12-5-4-11-22(19)23)15-18-8-6-9-20(25)13-18/h2-14,16H,15H2,1H3,(H,27,29)/b26-14+. The number of halogens is 1. The Kier molecular flexibility index (Phi) is 5.45. The summed E-state index contributed by atoms with van der Waals surface area (Å²) in [5.41, 5.74) is 7.31. The molecule has 0 radical (unpaired) electrons. The summed E-state index contributed by atoms with van der Waals surface area (Å²) in [6.07, 6.45) is 3.72. The molecule has 29 heavy (non-hydrogen) atoms. The van der Waals surface area contributed by atoms with E-state index in [1.807, 2.05) is 67.7 Å². The van der Waals surface area contributed by atoms with E-state index in [0.717, 1.165) is 32.6 Å². The number of rotatable bonds is 5. The molecule has 0 saturated carbocycles. The van der Waals surface area contributed by atoms with E-state index >= 15 is 0 Å². The number of para-hydroxylation sites is 1. The van der Waals surface area contributed by atoms with Gasteiger partial charge >= 0.3 is 0 Å². The molecule has 0 saturated heterocycles. The van der Waals surface area contributed by atoms with Crippen LogP contribution in [0.15, 0.2) is 84.1 Å². The summed E-state index contributed by atoms with van der Waals surface area (Å²) in [4.78, 5) is 12.4. The number of carbonyl (C=O) groups excluding carboxylic acids is 1. The maximum Gasteiger partial charge on any atom is 0.271 e. The van der Waals surface area contributed by atoms with Crippen LogP contribution in [0.2, 0.25) is 5.02 Å². The van der Waals surface area contributed by atoms with Gasteiger partial charge in [-0.05, 0) is 42.3 Å². The number of hydrogen-bond donors (Lipinski definition) is 1. The Morgan fingerprint density at radius 1 is 1.07 bits per heavy atom. The van der Waals surface area contributed by atoms with E-state index in [4.69, 9.17) is 11.6 Å². The molecule has 5 heteroatoms. The van der Waals surface area contributed by atoms with Crippen LogP contribution in [-0.2, 0) is 6.54 Å². The number of hydrazone groups is 1. The maximum absolute atomic E-state index is 12.4. The fraction of sp³-hybridized carbons (Fsp3) is 0.0833. The molecule has 0 aliphatic heterocycles. The fourth-order valence-corrected chi connectivity index (χ4v) is 3.60.